The maximum atomic E-state index is 13.0. The van der Waals surface area contributed by atoms with E-state index in [-0.39, 0.29) is 17.7 Å². The summed E-state index contributed by atoms with van der Waals surface area (Å²) in [5, 5.41) is 0. The highest BCUT2D eigenvalue weighted by atomic mass is 16.2. The third-order valence-electron chi connectivity index (χ3n) is 6.21. The summed E-state index contributed by atoms with van der Waals surface area (Å²) < 4.78 is 0. The molecule has 2 amide bonds. The number of amides is 2. The van der Waals surface area contributed by atoms with E-state index in [1.807, 2.05) is 15.9 Å². The van der Waals surface area contributed by atoms with Gasteiger partial charge >= 0.3 is 0 Å². The normalized spacial score (nSPS) is 24.3. The molecule has 1 saturated carbocycles. The summed E-state index contributed by atoms with van der Waals surface area (Å²) in [6.07, 6.45) is 9.83. The van der Waals surface area contributed by atoms with Crippen molar-refractivity contribution in [3.8, 4) is 0 Å². The van der Waals surface area contributed by atoms with Crippen LogP contribution >= 0.6 is 0 Å². The Bertz CT molecular complexity index is 654. The van der Waals surface area contributed by atoms with Crippen molar-refractivity contribution >= 4 is 17.8 Å². The van der Waals surface area contributed by atoms with Crippen molar-refractivity contribution in [2.45, 2.75) is 38.5 Å². The largest absolute Gasteiger partial charge is 0.340 e. The Hall–Kier alpha value is -2.18. The van der Waals surface area contributed by atoms with Gasteiger partial charge in [0.2, 0.25) is 17.8 Å². The van der Waals surface area contributed by atoms with E-state index in [1.54, 1.807) is 12.4 Å². The number of carbonyl (C=O) groups excluding carboxylic acids is 2. The second-order valence-electron chi connectivity index (χ2n) is 7.97. The molecule has 3 heterocycles. The summed E-state index contributed by atoms with van der Waals surface area (Å²) in [7, 11) is 0. The average Bonchev–Trinajstić information content (AvgIpc) is 3.28. The zero-order chi connectivity index (χ0) is 18.6. The Labute approximate surface area is 160 Å². The SMILES string of the molecule is O=C(C1CCCC1)N1CCN(C(=O)C2CCCN(c3ncccn3)C2)CC1. The predicted octanol–water partition coefficient (Wildman–Crippen LogP) is 1.55. The van der Waals surface area contributed by atoms with Gasteiger partial charge in [0.15, 0.2) is 0 Å². The lowest BCUT2D eigenvalue weighted by molar-refractivity contribution is -0.144. The van der Waals surface area contributed by atoms with E-state index in [0.717, 1.165) is 32.2 Å². The van der Waals surface area contributed by atoms with Crippen LogP contribution in [0.25, 0.3) is 0 Å². The second-order valence-corrected chi connectivity index (χ2v) is 7.97. The Morgan fingerprint density at radius 2 is 1.33 bits per heavy atom. The molecule has 0 N–H and O–H groups in total. The summed E-state index contributed by atoms with van der Waals surface area (Å²) in [6.45, 7) is 4.27. The first-order valence-electron chi connectivity index (χ1n) is 10.3. The van der Waals surface area contributed by atoms with Crippen molar-refractivity contribution in [1.29, 1.82) is 0 Å². The van der Waals surface area contributed by atoms with Crippen LogP contribution < -0.4 is 4.90 Å². The third-order valence-corrected chi connectivity index (χ3v) is 6.21. The van der Waals surface area contributed by atoms with E-state index < -0.39 is 0 Å². The molecule has 0 bridgehead atoms. The molecule has 0 aromatic carbocycles. The van der Waals surface area contributed by atoms with Gasteiger partial charge < -0.3 is 14.7 Å². The molecule has 2 aliphatic heterocycles. The number of hydrogen-bond donors (Lipinski definition) is 0. The molecule has 1 aromatic heterocycles. The summed E-state index contributed by atoms with van der Waals surface area (Å²) in [6, 6.07) is 1.81. The first-order chi connectivity index (χ1) is 13.2. The lowest BCUT2D eigenvalue weighted by Crippen LogP contribution is -2.54. The summed E-state index contributed by atoms with van der Waals surface area (Å²) >= 11 is 0. The third kappa shape index (κ3) is 4.06. The zero-order valence-electron chi connectivity index (χ0n) is 15.9. The van der Waals surface area contributed by atoms with E-state index in [2.05, 4.69) is 14.9 Å². The van der Waals surface area contributed by atoms with Gasteiger partial charge in [-0.15, -0.1) is 0 Å². The molecule has 1 unspecified atom stereocenters. The van der Waals surface area contributed by atoms with Crippen molar-refractivity contribution in [3.63, 3.8) is 0 Å². The van der Waals surface area contributed by atoms with E-state index in [4.69, 9.17) is 0 Å². The molecular formula is C20H29N5O2. The van der Waals surface area contributed by atoms with Crippen molar-refractivity contribution < 1.29 is 9.59 Å². The Kier molecular flexibility index (Phi) is 5.55. The van der Waals surface area contributed by atoms with Crippen LogP contribution in [0.3, 0.4) is 0 Å². The summed E-state index contributed by atoms with van der Waals surface area (Å²) in [5.41, 5.74) is 0. The van der Waals surface area contributed by atoms with Crippen LogP contribution in [-0.2, 0) is 9.59 Å². The highest BCUT2D eigenvalue weighted by Crippen LogP contribution is 2.27. The maximum absolute atomic E-state index is 13.0. The molecule has 1 aromatic rings. The fourth-order valence-corrected chi connectivity index (χ4v) is 4.65. The minimum Gasteiger partial charge on any atom is -0.340 e. The maximum Gasteiger partial charge on any atom is 0.227 e. The molecule has 0 radical (unpaired) electrons. The fraction of sp³-hybridized carbons (Fsp3) is 0.700. The van der Waals surface area contributed by atoms with E-state index in [9.17, 15) is 9.59 Å². The van der Waals surface area contributed by atoms with Gasteiger partial charge in [0.25, 0.3) is 0 Å². The molecule has 3 aliphatic rings. The Balaban J connectivity index is 1.30. The number of hydrogen-bond acceptors (Lipinski definition) is 5. The second kappa shape index (κ2) is 8.23. The van der Waals surface area contributed by atoms with Crippen molar-refractivity contribution in [1.82, 2.24) is 19.8 Å². The molecule has 146 valence electrons. The summed E-state index contributed by atoms with van der Waals surface area (Å²) in [4.78, 5) is 40.3. The van der Waals surface area contributed by atoms with Crippen LogP contribution in [0.5, 0.6) is 0 Å². The smallest absolute Gasteiger partial charge is 0.227 e. The number of piperazine rings is 1. The minimum absolute atomic E-state index is 0.000334. The molecule has 7 nitrogen and oxygen atoms in total. The van der Waals surface area contributed by atoms with E-state index in [0.29, 0.717) is 44.6 Å². The first-order valence-corrected chi connectivity index (χ1v) is 10.3. The Morgan fingerprint density at radius 1 is 0.778 bits per heavy atom. The molecule has 1 aliphatic carbocycles. The van der Waals surface area contributed by atoms with Gasteiger partial charge in [0, 0.05) is 57.6 Å². The highest BCUT2D eigenvalue weighted by Gasteiger charge is 2.34. The standard InChI is InChI=1S/C20H29N5O2/c26-18(16-5-1-2-6-16)23-11-13-24(14-12-23)19(27)17-7-3-10-25(15-17)20-21-8-4-9-22-20/h4,8-9,16-17H,1-3,5-7,10-15H2. The first kappa shape index (κ1) is 18.2. The molecule has 2 saturated heterocycles. The van der Waals surface area contributed by atoms with Crippen LogP contribution in [-0.4, -0.2) is 70.9 Å². The van der Waals surface area contributed by atoms with Gasteiger partial charge in [0.1, 0.15) is 0 Å². The summed E-state index contributed by atoms with van der Waals surface area (Å²) in [5.74, 6) is 1.47. The molecular weight excluding hydrogens is 342 g/mol. The van der Waals surface area contributed by atoms with E-state index >= 15 is 0 Å². The van der Waals surface area contributed by atoms with Gasteiger partial charge in [-0.2, -0.15) is 0 Å². The minimum atomic E-state index is -0.000334. The molecule has 4 rings (SSSR count). The quantitative estimate of drug-likeness (QED) is 0.806. The highest BCUT2D eigenvalue weighted by molar-refractivity contribution is 5.81. The van der Waals surface area contributed by atoms with Gasteiger partial charge in [0.05, 0.1) is 5.92 Å². The topological polar surface area (TPSA) is 69.6 Å². The molecule has 27 heavy (non-hydrogen) atoms. The monoisotopic (exact) mass is 371 g/mol. The molecule has 1 atom stereocenters. The van der Waals surface area contributed by atoms with Crippen LogP contribution in [0.1, 0.15) is 38.5 Å². The van der Waals surface area contributed by atoms with Gasteiger partial charge in [-0.05, 0) is 31.7 Å². The van der Waals surface area contributed by atoms with Crippen molar-refractivity contribution in [2.75, 3.05) is 44.2 Å². The van der Waals surface area contributed by atoms with Crippen molar-refractivity contribution in [2.24, 2.45) is 11.8 Å². The molecule has 7 heteroatoms. The molecule has 0 spiro atoms. The number of anilines is 1. The number of rotatable bonds is 3. The lowest BCUT2D eigenvalue weighted by atomic mass is 9.96. The van der Waals surface area contributed by atoms with Gasteiger partial charge in [-0.1, -0.05) is 12.8 Å². The predicted molar refractivity (Wildman–Crippen MR) is 102 cm³/mol. The Morgan fingerprint density at radius 3 is 1.96 bits per heavy atom. The van der Waals surface area contributed by atoms with Crippen LogP contribution in [0, 0.1) is 11.8 Å². The average molecular weight is 371 g/mol. The van der Waals surface area contributed by atoms with E-state index in [1.165, 1.54) is 12.8 Å². The van der Waals surface area contributed by atoms with Gasteiger partial charge in [-0.3, -0.25) is 9.59 Å². The van der Waals surface area contributed by atoms with Gasteiger partial charge in [-0.25, -0.2) is 9.97 Å². The number of aromatic nitrogens is 2. The van der Waals surface area contributed by atoms with Crippen LogP contribution in [0.15, 0.2) is 18.5 Å². The number of nitrogens with zero attached hydrogens (tertiary/aromatic N) is 5. The molecule has 3 fully saturated rings. The lowest BCUT2D eigenvalue weighted by Gasteiger charge is -2.39. The van der Waals surface area contributed by atoms with Crippen LogP contribution in [0.4, 0.5) is 5.95 Å². The van der Waals surface area contributed by atoms with Crippen molar-refractivity contribution in [3.05, 3.63) is 18.5 Å². The van der Waals surface area contributed by atoms with Crippen LogP contribution in [0.2, 0.25) is 0 Å². The zero-order valence-corrected chi connectivity index (χ0v) is 15.9. The fourth-order valence-electron chi connectivity index (χ4n) is 4.65. The number of carbonyl (C=O) groups is 2. The number of piperidine rings is 1.